The van der Waals surface area contributed by atoms with Crippen molar-refractivity contribution in [2.45, 2.75) is 58.8 Å². The Kier molecular flexibility index (Phi) is 20.8. The first kappa shape index (κ1) is 17.2. The molecule has 0 aromatic rings. The first-order valence-electron chi connectivity index (χ1n) is 5.90. The van der Waals surface area contributed by atoms with Gasteiger partial charge in [0.25, 0.3) is 0 Å². The van der Waals surface area contributed by atoms with Crippen LogP contribution in [-0.2, 0) is 9.59 Å². The molecule has 4 nitrogen and oxygen atoms in total. The van der Waals surface area contributed by atoms with E-state index in [0.717, 1.165) is 0 Å². The summed E-state index contributed by atoms with van der Waals surface area (Å²) >= 11 is 0. The van der Waals surface area contributed by atoms with Crippen LogP contribution in [0.5, 0.6) is 0 Å². The molecule has 0 fully saturated rings. The largest absolute Gasteiger partial charge is 0.236 e. The van der Waals surface area contributed by atoms with Crippen LogP contribution in [0.15, 0.2) is 9.98 Å². The molecule has 0 heterocycles. The van der Waals surface area contributed by atoms with Crippen LogP contribution in [-0.4, -0.2) is 18.8 Å². The molecule has 0 unspecified atom stereocenters. The average Bonchev–Trinajstić information content (AvgIpc) is 2.31. The summed E-state index contributed by atoms with van der Waals surface area (Å²) in [5, 5.41) is 0. The molecule has 0 aromatic carbocycles. The summed E-state index contributed by atoms with van der Waals surface area (Å²) in [6.07, 6.45) is 12.4. The Balaban J connectivity index is 0. The van der Waals surface area contributed by atoms with E-state index < -0.39 is 0 Å². The second kappa shape index (κ2) is 19.4. The van der Waals surface area contributed by atoms with Crippen LogP contribution < -0.4 is 0 Å². The number of rotatable bonds is 8. The van der Waals surface area contributed by atoms with Gasteiger partial charge >= 0.3 is 0 Å². The topological polar surface area (TPSA) is 58.9 Å². The summed E-state index contributed by atoms with van der Waals surface area (Å²) in [6.45, 7) is 4.37. The summed E-state index contributed by atoms with van der Waals surface area (Å²) < 4.78 is 0. The van der Waals surface area contributed by atoms with Crippen molar-refractivity contribution in [3.05, 3.63) is 0 Å². The average molecular weight is 226 g/mol. The lowest BCUT2D eigenvalue weighted by Crippen LogP contribution is -1.76. The molecule has 0 bridgehead atoms. The van der Waals surface area contributed by atoms with Gasteiger partial charge in [-0.2, -0.15) is 9.98 Å². The molecule has 0 atom stereocenters. The highest BCUT2D eigenvalue weighted by atomic mass is 16.1. The van der Waals surface area contributed by atoms with Gasteiger partial charge in [-0.1, -0.05) is 58.8 Å². The van der Waals surface area contributed by atoms with Gasteiger partial charge < -0.3 is 0 Å². The third-order valence-electron chi connectivity index (χ3n) is 1.98. The summed E-state index contributed by atoms with van der Waals surface area (Å²) in [4.78, 5) is 24.2. The zero-order chi connectivity index (χ0) is 12.5. The highest BCUT2D eigenvalue weighted by Crippen LogP contribution is 2.05. The van der Waals surface area contributed by atoms with Crippen molar-refractivity contribution < 1.29 is 9.59 Å². The molecule has 4 heteroatoms. The van der Waals surface area contributed by atoms with Crippen LogP contribution in [0.4, 0.5) is 0 Å². The summed E-state index contributed by atoms with van der Waals surface area (Å²) in [7, 11) is 0. The molecular weight excluding hydrogens is 204 g/mol. The minimum Gasteiger partial charge on any atom is -0.211 e. The second-order valence-electron chi connectivity index (χ2n) is 3.41. The van der Waals surface area contributed by atoms with E-state index in [2.05, 4.69) is 23.8 Å². The van der Waals surface area contributed by atoms with E-state index in [4.69, 9.17) is 0 Å². The lowest BCUT2D eigenvalue weighted by atomic mass is 10.1. The van der Waals surface area contributed by atoms with E-state index in [0.29, 0.717) is 0 Å². The fraction of sp³-hybridized carbons (Fsp3) is 0.833. The maximum absolute atomic E-state index is 9.20. The number of nitrogens with zero attached hydrogens (tertiary/aromatic N) is 2. The lowest BCUT2D eigenvalue weighted by molar-refractivity contribution is 0.560. The van der Waals surface area contributed by atoms with Gasteiger partial charge in [0.1, 0.15) is 0 Å². The van der Waals surface area contributed by atoms with Crippen molar-refractivity contribution in [1.82, 2.24) is 0 Å². The molecule has 0 saturated carbocycles. The highest BCUT2D eigenvalue weighted by molar-refractivity contribution is 5.35. The first-order valence-corrected chi connectivity index (χ1v) is 5.90. The van der Waals surface area contributed by atoms with Crippen molar-refractivity contribution in [3.63, 3.8) is 0 Å². The third kappa shape index (κ3) is 23.0. The molecule has 0 N–H and O–H groups in total. The summed E-state index contributed by atoms with van der Waals surface area (Å²) in [5.74, 6) is 0. The van der Waals surface area contributed by atoms with Crippen molar-refractivity contribution in [2.24, 2.45) is 9.98 Å². The Morgan fingerprint density at radius 1 is 0.750 bits per heavy atom. The van der Waals surface area contributed by atoms with Gasteiger partial charge in [0.05, 0.1) is 0 Å². The predicted octanol–water partition coefficient (Wildman–Crippen LogP) is 3.37. The number of aliphatic imine (C=N–C) groups is 2. The van der Waals surface area contributed by atoms with Gasteiger partial charge in [-0.05, 0) is 0 Å². The molecule has 0 aromatic heterocycles. The molecule has 0 rings (SSSR count). The fourth-order valence-corrected chi connectivity index (χ4v) is 1.12. The number of hydrogen-bond donors (Lipinski definition) is 0. The molecule has 0 aliphatic heterocycles. The molecule has 0 aliphatic rings. The predicted molar refractivity (Wildman–Crippen MR) is 64.8 cm³/mol. The molecule has 0 spiro atoms. The Hall–Kier alpha value is -1.24. The van der Waals surface area contributed by atoms with Crippen LogP contribution >= 0.6 is 0 Å². The zero-order valence-corrected chi connectivity index (χ0v) is 10.4. The number of carbonyl (C=O) groups excluding carboxylic acids is 2. The van der Waals surface area contributed by atoms with E-state index in [9.17, 15) is 9.59 Å². The van der Waals surface area contributed by atoms with Crippen LogP contribution in [0.1, 0.15) is 58.8 Å². The van der Waals surface area contributed by atoms with E-state index in [1.54, 1.807) is 0 Å². The van der Waals surface area contributed by atoms with Gasteiger partial charge in [0.2, 0.25) is 12.2 Å². The second-order valence-corrected chi connectivity index (χ2v) is 3.41. The van der Waals surface area contributed by atoms with Crippen molar-refractivity contribution in [2.75, 3.05) is 6.67 Å². The third-order valence-corrected chi connectivity index (χ3v) is 1.98. The van der Waals surface area contributed by atoms with Crippen LogP contribution in [0.25, 0.3) is 0 Å². The summed E-state index contributed by atoms with van der Waals surface area (Å²) in [5.41, 5.74) is 0. The molecule has 92 valence electrons. The van der Waals surface area contributed by atoms with Crippen molar-refractivity contribution in [3.8, 4) is 0 Å². The van der Waals surface area contributed by atoms with E-state index in [-0.39, 0.29) is 6.67 Å². The number of unbranched alkanes of at least 4 members (excludes halogenated alkanes) is 6. The standard InChI is InChI=1S/C9H20.C3H2N2O2/c1-3-5-7-9-8-6-4-2;6-2-4-1-5-3-7/h3-9H2,1-2H3;1H2. The molecule has 16 heavy (non-hydrogen) atoms. The van der Waals surface area contributed by atoms with Gasteiger partial charge in [-0.25, -0.2) is 9.59 Å². The van der Waals surface area contributed by atoms with Gasteiger partial charge in [-0.3, -0.25) is 0 Å². The molecule has 0 saturated heterocycles. The summed E-state index contributed by atoms with van der Waals surface area (Å²) in [6, 6.07) is 0. The van der Waals surface area contributed by atoms with Crippen LogP contribution in [0.2, 0.25) is 0 Å². The Labute approximate surface area is 97.9 Å². The van der Waals surface area contributed by atoms with E-state index >= 15 is 0 Å². The molecular formula is C12H22N2O2. The van der Waals surface area contributed by atoms with Gasteiger partial charge in [0, 0.05) is 0 Å². The first-order chi connectivity index (χ1) is 7.83. The normalized spacial score (nSPS) is 8.12. The molecule has 0 radical (unpaired) electrons. The van der Waals surface area contributed by atoms with Crippen LogP contribution in [0.3, 0.4) is 0 Å². The van der Waals surface area contributed by atoms with Crippen LogP contribution in [0, 0.1) is 0 Å². The quantitative estimate of drug-likeness (QED) is 0.362. The van der Waals surface area contributed by atoms with Gasteiger partial charge in [-0.15, -0.1) is 0 Å². The van der Waals surface area contributed by atoms with E-state index in [1.165, 1.54) is 57.1 Å². The fourth-order valence-electron chi connectivity index (χ4n) is 1.12. The van der Waals surface area contributed by atoms with E-state index in [1.807, 2.05) is 0 Å². The zero-order valence-electron chi connectivity index (χ0n) is 10.4. The highest BCUT2D eigenvalue weighted by Gasteiger charge is 1.85. The maximum atomic E-state index is 9.20. The van der Waals surface area contributed by atoms with Crippen molar-refractivity contribution >= 4 is 12.2 Å². The Bertz CT molecular complexity index is 195. The minimum atomic E-state index is -0.160. The SMILES string of the molecule is CCCCCCCCC.O=C=NCN=C=O. The van der Waals surface area contributed by atoms with Gasteiger partial charge in [0.15, 0.2) is 6.67 Å². The Morgan fingerprint density at radius 2 is 1.12 bits per heavy atom. The Morgan fingerprint density at radius 3 is 1.44 bits per heavy atom. The number of isocyanates is 2. The maximum Gasteiger partial charge on any atom is 0.236 e. The molecule has 0 amide bonds. The molecule has 0 aliphatic carbocycles. The van der Waals surface area contributed by atoms with Crippen molar-refractivity contribution in [1.29, 1.82) is 0 Å². The minimum absolute atomic E-state index is 0.160. The monoisotopic (exact) mass is 226 g/mol. The number of hydrogen-bond acceptors (Lipinski definition) is 4. The lowest BCUT2D eigenvalue weighted by Gasteiger charge is -1.96. The smallest absolute Gasteiger partial charge is 0.211 e.